The third-order valence-electron chi connectivity index (χ3n) is 2.18. The lowest BCUT2D eigenvalue weighted by Crippen LogP contribution is -2.17. The van der Waals surface area contributed by atoms with Crippen molar-refractivity contribution in [2.24, 2.45) is 0 Å². The van der Waals surface area contributed by atoms with E-state index < -0.39 is 23.1 Å². The molecule has 0 saturated carbocycles. The molecule has 0 unspecified atom stereocenters. The first kappa shape index (κ1) is 12.4. The van der Waals surface area contributed by atoms with Crippen LogP contribution in [-0.2, 0) is 10.3 Å². The third-order valence-corrected chi connectivity index (χ3v) is 2.18. The summed E-state index contributed by atoms with van der Waals surface area (Å²) in [6.45, 7) is 2.89. The number of ether oxygens (including phenoxy) is 1. The first-order chi connectivity index (χ1) is 7.27. The van der Waals surface area contributed by atoms with Crippen molar-refractivity contribution in [1.82, 2.24) is 0 Å². The number of hydrogen-bond acceptors (Lipinski definition) is 4. The van der Waals surface area contributed by atoms with E-state index in [0.717, 1.165) is 13.2 Å². The fraction of sp³-hybridized carbons (Fsp3) is 0.364. The molecular weight excluding hydrogens is 215 g/mol. The molecule has 0 heterocycles. The van der Waals surface area contributed by atoms with Crippen LogP contribution in [-0.4, -0.2) is 23.3 Å². The Morgan fingerprint density at radius 1 is 1.44 bits per heavy atom. The van der Waals surface area contributed by atoms with Crippen molar-refractivity contribution in [3.8, 4) is 5.75 Å². The van der Waals surface area contributed by atoms with Crippen molar-refractivity contribution in [2.75, 3.05) is 7.11 Å². The predicted octanol–water partition coefficient (Wildman–Crippen LogP) is 1.55. The number of rotatable bonds is 2. The molecule has 0 amide bonds. The van der Waals surface area contributed by atoms with Crippen LogP contribution in [0.5, 0.6) is 5.75 Å². The van der Waals surface area contributed by atoms with Gasteiger partial charge in [0, 0.05) is 0 Å². The smallest absolute Gasteiger partial charge is 0.341 e. The summed E-state index contributed by atoms with van der Waals surface area (Å²) in [5.41, 5.74) is -1.43. The molecule has 0 atom stereocenters. The van der Waals surface area contributed by atoms with E-state index in [1.165, 1.54) is 19.9 Å². The van der Waals surface area contributed by atoms with Crippen LogP contribution in [0.2, 0.25) is 0 Å². The Balaban J connectivity index is 3.39. The summed E-state index contributed by atoms with van der Waals surface area (Å²) < 4.78 is 17.7. The van der Waals surface area contributed by atoms with Gasteiger partial charge in [-0.3, -0.25) is 0 Å². The molecule has 4 nitrogen and oxygen atoms in total. The fourth-order valence-corrected chi connectivity index (χ4v) is 1.22. The van der Waals surface area contributed by atoms with E-state index in [-0.39, 0.29) is 11.1 Å². The van der Waals surface area contributed by atoms with Crippen molar-refractivity contribution < 1.29 is 24.1 Å². The maximum atomic E-state index is 13.3. The molecule has 0 bridgehead atoms. The average Bonchev–Trinajstić information content (AvgIpc) is 2.19. The second-order valence-electron chi connectivity index (χ2n) is 3.90. The minimum atomic E-state index is -1.31. The number of methoxy groups -OCH3 is 1. The van der Waals surface area contributed by atoms with Crippen LogP contribution in [0.1, 0.15) is 29.8 Å². The number of aromatic hydroxyl groups is 1. The summed E-state index contributed by atoms with van der Waals surface area (Å²) in [7, 11) is 1.12. The summed E-state index contributed by atoms with van der Waals surface area (Å²) in [5.74, 6) is -2.61. The standard InChI is InChI=1S/C11H13FO4/c1-11(2,15)6-4-7(10(14)16-3)9(13)8(12)5-6/h4-5,13,15H,1-3H3. The number of carbonyl (C=O) groups excluding carboxylic acids is 1. The predicted molar refractivity (Wildman–Crippen MR) is 54.6 cm³/mol. The zero-order chi connectivity index (χ0) is 12.5. The van der Waals surface area contributed by atoms with E-state index in [4.69, 9.17) is 0 Å². The van der Waals surface area contributed by atoms with Crippen LogP contribution in [0.3, 0.4) is 0 Å². The van der Waals surface area contributed by atoms with Gasteiger partial charge in [-0.25, -0.2) is 9.18 Å². The molecule has 0 saturated heterocycles. The Labute approximate surface area is 92.3 Å². The van der Waals surface area contributed by atoms with E-state index in [1.807, 2.05) is 0 Å². The molecule has 5 heteroatoms. The molecule has 16 heavy (non-hydrogen) atoms. The Bertz CT molecular complexity index is 421. The quantitative estimate of drug-likeness (QED) is 0.753. The van der Waals surface area contributed by atoms with Gasteiger partial charge in [0.25, 0.3) is 0 Å². The number of aliphatic hydroxyl groups is 1. The first-order valence-corrected chi connectivity index (χ1v) is 4.61. The normalized spacial score (nSPS) is 11.3. The largest absolute Gasteiger partial charge is 0.504 e. The van der Waals surface area contributed by atoms with Crippen molar-refractivity contribution in [3.63, 3.8) is 0 Å². The molecule has 0 aliphatic carbocycles. The molecule has 1 rings (SSSR count). The van der Waals surface area contributed by atoms with Gasteiger partial charge in [-0.2, -0.15) is 0 Å². The summed E-state index contributed by atoms with van der Waals surface area (Å²) in [6.07, 6.45) is 0. The average molecular weight is 228 g/mol. The zero-order valence-corrected chi connectivity index (χ0v) is 9.24. The van der Waals surface area contributed by atoms with Crippen molar-refractivity contribution in [1.29, 1.82) is 0 Å². The molecule has 0 spiro atoms. The maximum absolute atomic E-state index is 13.3. The van der Waals surface area contributed by atoms with Gasteiger partial charge in [0.1, 0.15) is 5.56 Å². The Hall–Kier alpha value is -1.62. The number of phenols is 1. The SMILES string of the molecule is COC(=O)c1cc(C(C)(C)O)cc(F)c1O. The van der Waals surface area contributed by atoms with Crippen LogP contribution >= 0.6 is 0 Å². The summed E-state index contributed by atoms with van der Waals surface area (Å²) in [6, 6.07) is 2.17. The lowest BCUT2D eigenvalue weighted by atomic mass is 9.96. The number of esters is 1. The van der Waals surface area contributed by atoms with Crippen molar-refractivity contribution in [2.45, 2.75) is 19.4 Å². The number of hydrogen-bond donors (Lipinski definition) is 2. The Morgan fingerprint density at radius 2 is 2.00 bits per heavy atom. The van der Waals surface area contributed by atoms with Crippen molar-refractivity contribution >= 4 is 5.97 Å². The fourth-order valence-electron chi connectivity index (χ4n) is 1.22. The molecule has 88 valence electrons. The molecule has 2 N–H and O–H groups in total. The van der Waals surface area contributed by atoms with Gasteiger partial charge >= 0.3 is 5.97 Å². The van der Waals surface area contributed by atoms with E-state index in [9.17, 15) is 19.4 Å². The molecule has 0 aromatic heterocycles. The molecule has 0 fully saturated rings. The van der Waals surface area contributed by atoms with Gasteiger partial charge < -0.3 is 14.9 Å². The van der Waals surface area contributed by atoms with Crippen LogP contribution in [0.15, 0.2) is 12.1 Å². The number of carbonyl (C=O) groups is 1. The number of halogens is 1. The van der Waals surface area contributed by atoms with E-state index in [1.54, 1.807) is 0 Å². The Kier molecular flexibility index (Phi) is 3.19. The molecule has 1 aromatic rings. The highest BCUT2D eigenvalue weighted by Gasteiger charge is 2.23. The molecule has 0 aliphatic heterocycles. The minimum absolute atomic E-state index is 0.184. The summed E-state index contributed by atoms with van der Waals surface area (Å²) in [4.78, 5) is 11.2. The van der Waals surface area contributed by atoms with Gasteiger partial charge in [0.2, 0.25) is 0 Å². The lowest BCUT2D eigenvalue weighted by Gasteiger charge is -2.19. The molecular formula is C11H13FO4. The second-order valence-corrected chi connectivity index (χ2v) is 3.90. The van der Waals surface area contributed by atoms with Crippen LogP contribution < -0.4 is 0 Å². The first-order valence-electron chi connectivity index (χ1n) is 4.61. The van der Waals surface area contributed by atoms with E-state index in [2.05, 4.69) is 4.74 Å². The Morgan fingerprint density at radius 3 is 2.44 bits per heavy atom. The van der Waals surface area contributed by atoms with Gasteiger partial charge in [0.05, 0.1) is 12.7 Å². The lowest BCUT2D eigenvalue weighted by molar-refractivity contribution is 0.0593. The van der Waals surface area contributed by atoms with Gasteiger partial charge in [-0.1, -0.05) is 0 Å². The van der Waals surface area contributed by atoms with Crippen LogP contribution in [0.25, 0.3) is 0 Å². The highest BCUT2D eigenvalue weighted by Crippen LogP contribution is 2.29. The summed E-state index contributed by atoms with van der Waals surface area (Å²) >= 11 is 0. The van der Waals surface area contributed by atoms with Gasteiger partial charge in [0.15, 0.2) is 11.6 Å². The second kappa shape index (κ2) is 4.09. The zero-order valence-electron chi connectivity index (χ0n) is 9.24. The summed E-state index contributed by atoms with van der Waals surface area (Å²) in [5, 5.41) is 19.0. The van der Waals surface area contributed by atoms with Crippen LogP contribution in [0.4, 0.5) is 4.39 Å². The molecule has 0 radical (unpaired) electrons. The number of benzene rings is 1. The number of phenolic OH excluding ortho intramolecular Hbond substituents is 1. The highest BCUT2D eigenvalue weighted by molar-refractivity contribution is 5.92. The highest BCUT2D eigenvalue weighted by atomic mass is 19.1. The molecule has 1 aromatic carbocycles. The topological polar surface area (TPSA) is 66.8 Å². The monoisotopic (exact) mass is 228 g/mol. The van der Waals surface area contributed by atoms with Crippen molar-refractivity contribution in [3.05, 3.63) is 29.1 Å². The van der Waals surface area contributed by atoms with Gasteiger partial charge in [-0.15, -0.1) is 0 Å². The molecule has 0 aliphatic rings. The third kappa shape index (κ3) is 2.30. The van der Waals surface area contributed by atoms with E-state index in [0.29, 0.717) is 0 Å². The van der Waals surface area contributed by atoms with E-state index >= 15 is 0 Å². The van der Waals surface area contributed by atoms with Crippen LogP contribution in [0, 0.1) is 5.82 Å². The minimum Gasteiger partial charge on any atom is -0.504 e. The van der Waals surface area contributed by atoms with Gasteiger partial charge in [-0.05, 0) is 31.5 Å². The maximum Gasteiger partial charge on any atom is 0.341 e.